The number of hydrogen-bond acceptors (Lipinski definition) is 5. The topological polar surface area (TPSA) is 61.3 Å². The van der Waals surface area contributed by atoms with Crippen molar-refractivity contribution in [3.05, 3.63) is 18.1 Å². The van der Waals surface area contributed by atoms with Crippen LogP contribution in [-0.2, 0) is 0 Å². The molecule has 1 aromatic rings. The van der Waals surface area contributed by atoms with Crippen LogP contribution in [0.15, 0.2) is 12.3 Å². The lowest BCUT2D eigenvalue weighted by molar-refractivity contribution is 0.189. The second kappa shape index (κ2) is 4.98. The first-order valence-electron chi connectivity index (χ1n) is 6.09. The first-order valence-corrected chi connectivity index (χ1v) is 6.09. The summed E-state index contributed by atoms with van der Waals surface area (Å²) < 4.78 is 0. The summed E-state index contributed by atoms with van der Waals surface area (Å²) in [6, 6.07) is 2.70. The highest BCUT2D eigenvalue weighted by molar-refractivity contribution is 5.41. The maximum Gasteiger partial charge on any atom is 0.158 e. The van der Waals surface area contributed by atoms with Gasteiger partial charge in [0, 0.05) is 31.4 Å². The smallest absolute Gasteiger partial charge is 0.158 e. The van der Waals surface area contributed by atoms with Crippen LogP contribution < -0.4 is 10.2 Å². The maximum atomic E-state index is 9.52. The molecular formula is C12H20N4O. The fourth-order valence-corrected chi connectivity index (χ4v) is 2.29. The molecule has 0 amide bonds. The molecule has 0 bridgehead atoms. The predicted octanol–water partition coefficient (Wildman–Crippen LogP) is 0.716. The first-order chi connectivity index (χ1) is 8.09. The Kier molecular flexibility index (Phi) is 3.59. The number of aromatic nitrogens is 2. The van der Waals surface area contributed by atoms with Crippen LogP contribution in [0.5, 0.6) is 0 Å². The summed E-state index contributed by atoms with van der Waals surface area (Å²) in [7, 11) is 0. The zero-order valence-corrected chi connectivity index (χ0v) is 10.6. The van der Waals surface area contributed by atoms with Crippen molar-refractivity contribution in [2.75, 3.05) is 18.0 Å². The molecule has 0 aromatic carbocycles. The Bertz CT molecular complexity index is 373. The summed E-state index contributed by atoms with van der Waals surface area (Å²) in [6.07, 6.45) is 1.09. The summed E-state index contributed by atoms with van der Waals surface area (Å²) in [6.45, 7) is 7.94. The first kappa shape index (κ1) is 12.3. The van der Waals surface area contributed by atoms with E-state index < -0.39 is 6.10 Å². The van der Waals surface area contributed by atoms with E-state index in [4.69, 9.17) is 0 Å². The third kappa shape index (κ3) is 2.56. The molecule has 1 aromatic heterocycles. The number of piperazine rings is 1. The third-order valence-corrected chi connectivity index (χ3v) is 3.13. The van der Waals surface area contributed by atoms with Crippen molar-refractivity contribution in [3.8, 4) is 0 Å². The van der Waals surface area contributed by atoms with Gasteiger partial charge in [0.1, 0.15) is 11.9 Å². The molecule has 0 radical (unpaired) electrons. The van der Waals surface area contributed by atoms with E-state index >= 15 is 0 Å². The Morgan fingerprint density at radius 1 is 1.41 bits per heavy atom. The Balaban J connectivity index is 2.28. The summed E-state index contributed by atoms with van der Waals surface area (Å²) in [5.74, 6) is 1.39. The number of aliphatic hydroxyl groups excluding tert-OH is 1. The monoisotopic (exact) mass is 236 g/mol. The Morgan fingerprint density at radius 2 is 2.06 bits per heavy atom. The van der Waals surface area contributed by atoms with Crippen molar-refractivity contribution < 1.29 is 5.11 Å². The van der Waals surface area contributed by atoms with Crippen LogP contribution in [-0.4, -0.2) is 40.2 Å². The number of rotatable bonds is 2. The minimum absolute atomic E-state index is 0.399. The standard InChI is InChI=1S/C12H20N4O/c1-8-6-13-7-9(2)16(8)11-4-5-14-12(15-11)10(3)17/h4-5,8-10,13,17H,6-7H2,1-3H3/t8-,9+,10-/m1/s1. The molecule has 1 fully saturated rings. The minimum Gasteiger partial charge on any atom is -0.385 e. The lowest BCUT2D eigenvalue weighted by atomic mass is 10.1. The molecule has 1 aliphatic heterocycles. The van der Waals surface area contributed by atoms with Crippen LogP contribution in [0.2, 0.25) is 0 Å². The van der Waals surface area contributed by atoms with Gasteiger partial charge in [0.15, 0.2) is 5.82 Å². The molecule has 94 valence electrons. The highest BCUT2D eigenvalue weighted by Crippen LogP contribution is 2.20. The summed E-state index contributed by atoms with van der Waals surface area (Å²) >= 11 is 0. The molecule has 0 saturated carbocycles. The lowest BCUT2D eigenvalue weighted by Gasteiger charge is -2.40. The molecular weight excluding hydrogens is 216 g/mol. The summed E-state index contributed by atoms with van der Waals surface area (Å²) in [5, 5.41) is 12.9. The van der Waals surface area contributed by atoms with Gasteiger partial charge in [-0.3, -0.25) is 0 Å². The molecule has 1 aliphatic rings. The number of nitrogens with one attached hydrogen (secondary N) is 1. The van der Waals surface area contributed by atoms with Crippen molar-refractivity contribution in [1.29, 1.82) is 0 Å². The van der Waals surface area contributed by atoms with E-state index in [9.17, 15) is 5.11 Å². The van der Waals surface area contributed by atoms with Crippen molar-refractivity contribution >= 4 is 5.82 Å². The van der Waals surface area contributed by atoms with Gasteiger partial charge in [-0.2, -0.15) is 0 Å². The number of nitrogens with zero attached hydrogens (tertiary/aromatic N) is 3. The molecule has 0 spiro atoms. The molecule has 0 aliphatic carbocycles. The van der Waals surface area contributed by atoms with Gasteiger partial charge in [-0.1, -0.05) is 0 Å². The normalized spacial score (nSPS) is 26.9. The van der Waals surface area contributed by atoms with Crippen LogP contribution in [0.4, 0.5) is 5.82 Å². The van der Waals surface area contributed by atoms with Crippen molar-refractivity contribution in [2.45, 2.75) is 39.0 Å². The average molecular weight is 236 g/mol. The van der Waals surface area contributed by atoms with Gasteiger partial charge in [-0.25, -0.2) is 9.97 Å². The van der Waals surface area contributed by atoms with Crippen molar-refractivity contribution in [2.24, 2.45) is 0 Å². The lowest BCUT2D eigenvalue weighted by Crippen LogP contribution is -2.55. The predicted molar refractivity (Wildman–Crippen MR) is 66.9 cm³/mol. The Morgan fingerprint density at radius 3 is 2.65 bits per heavy atom. The fraction of sp³-hybridized carbons (Fsp3) is 0.667. The van der Waals surface area contributed by atoms with Crippen LogP contribution >= 0.6 is 0 Å². The van der Waals surface area contributed by atoms with Gasteiger partial charge < -0.3 is 15.3 Å². The van der Waals surface area contributed by atoms with Gasteiger partial charge in [0.05, 0.1) is 0 Å². The van der Waals surface area contributed by atoms with Crippen LogP contribution in [0, 0.1) is 0 Å². The Hall–Kier alpha value is -1.20. The largest absolute Gasteiger partial charge is 0.385 e. The molecule has 3 atom stereocenters. The second-order valence-electron chi connectivity index (χ2n) is 4.71. The van der Waals surface area contributed by atoms with E-state index in [-0.39, 0.29) is 0 Å². The molecule has 1 saturated heterocycles. The molecule has 2 heterocycles. The SMILES string of the molecule is C[C@@H]1CNC[C@H](C)N1c1ccnc([C@@H](C)O)n1. The number of aliphatic hydroxyl groups is 1. The molecule has 17 heavy (non-hydrogen) atoms. The molecule has 5 heteroatoms. The molecule has 2 rings (SSSR count). The summed E-state index contributed by atoms with van der Waals surface area (Å²) in [4.78, 5) is 10.8. The Labute approximate surface area is 102 Å². The minimum atomic E-state index is -0.622. The van der Waals surface area contributed by atoms with Gasteiger partial charge >= 0.3 is 0 Å². The number of anilines is 1. The van der Waals surface area contributed by atoms with E-state index in [2.05, 4.69) is 34.0 Å². The zero-order chi connectivity index (χ0) is 12.4. The van der Waals surface area contributed by atoms with Crippen LogP contribution in [0.3, 0.4) is 0 Å². The highest BCUT2D eigenvalue weighted by atomic mass is 16.3. The van der Waals surface area contributed by atoms with Crippen LogP contribution in [0.1, 0.15) is 32.7 Å². The molecule has 0 unspecified atom stereocenters. The van der Waals surface area contributed by atoms with Gasteiger partial charge in [0.2, 0.25) is 0 Å². The fourth-order valence-electron chi connectivity index (χ4n) is 2.29. The van der Waals surface area contributed by atoms with Crippen molar-refractivity contribution in [1.82, 2.24) is 15.3 Å². The van der Waals surface area contributed by atoms with E-state index in [0.717, 1.165) is 18.9 Å². The molecule has 2 N–H and O–H groups in total. The van der Waals surface area contributed by atoms with E-state index in [1.54, 1.807) is 13.1 Å². The van der Waals surface area contributed by atoms with E-state index in [1.165, 1.54) is 0 Å². The van der Waals surface area contributed by atoms with Crippen molar-refractivity contribution in [3.63, 3.8) is 0 Å². The molecule has 5 nitrogen and oxygen atoms in total. The van der Waals surface area contributed by atoms with Crippen LogP contribution in [0.25, 0.3) is 0 Å². The number of hydrogen-bond donors (Lipinski definition) is 2. The highest BCUT2D eigenvalue weighted by Gasteiger charge is 2.25. The third-order valence-electron chi connectivity index (χ3n) is 3.13. The summed E-state index contributed by atoms with van der Waals surface area (Å²) in [5.41, 5.74) is 0. The quantitative estimate of drug-likeness (QED) is 0.792. The van der Waals surface area contributed by atoms with Gasteiger partial charge in [-0.15, -0.1) is 0 Å². The zero-order valence-electron chi connectivity index (χ0n) is 10.6. The average Bonchev–Trinajstić information content (AvgIpc) is 2.29. The van der Waals surface area contributed by atoms with E-state index in [1.807, 2.05) is 6.07 Å². The second-order valence-corrected chi connectivity index (χ2v) is 4.71. The maximum absolute atomic E-state index is 9.52. The van der Waals surface area contributed by atoms with Gasteiger partial charge in [0.25, 0.3) is 0 Å². The van der Waals surface area contributed by atoms with E-state index in [0.29, 0.717) is 17.9 Å². The van der Waals surface area contributed by atoms with Gasteiger partial charge in [-0.05, 0) is 26.8 Å².